The lowest BCUT2D eigenvalue weighted by molar-refractivity contribution is 0.544. The number of nitrogens with zero attached hydrogens (tertiary/aromatic N) is 2. The number of hydrogen-bond acceptors (Lipinski definition) is 5. The maximum Gasteiger partial charge on any atom is 0.114 e. The zero-order valence-corrected chi connectivity index (χ0v) is 32.4. The molecule has 0 unspecified atom stereocenters. The molecule has 0 amide bonds. The van der Waals surface area contributed by atoms with Crippen molar-refractivity contribution in [3.63, 3.8) is 0 Å². The van der Waals surface area contributed by atoms with Crippen LogP contribution in [0.5, 0.6) is 0 Å². The van der Waals surface area contributed by atoms with Gasteiger partial charge in [0, 0.05) is 30.6 Å². The Labute approximate surface area is 300 Å². The first kappa shape index (κ1) is 38.2. The Bertz CT molecular complexity index is 1250. The zero-order valence-electron chi connectivity index (χ0n) is 30.0. The molecule has 0 aliphatic heterocycles. The van der Waals surface area contributed by atoms with E-state index >= 15 is 0 Å². The molecule has 3 heterocycles. The Morgan fingerprint density at radius 3 is 1.04 bits per heavy atom. The number of unbranched alkanes of at least 4 members (excludes halogenated alkanes) is 22. The van der Waals surface area contributed by atoms with Gasteiger partial charge >= 0.3 is 0 Å². The van der Waals surface area contributed by atoms with Crippen LogP contribution in [0.25, 0.3) is 31.9 Å². The molecule has 0 fully saturated rings. The summed E-state index contributed by atoms with van der Waals surface area (Å²) in [6, 6.07) is 13.9. The number of hydrogen-bond donors (Lipinski definition) is 0. The lowest BCUT2D eigenvalue weighted by Crippen LogP contribution is -1.84. The van der Waals surface area contributed by atoms with Gasteiger partial charge < -0.3 is 0 Å². The number of thiophene rings is 2. The molecule has 0 aliphatic carbocycles. The molecular formula is C42H64N2S3. The molecule has 3 aromatic heterocycles. The van der Waals surface area contributed by atoms with E-state index in [-0.39, 0.29) is 0 Å². The van der Waals surface area contributed by atoms with E-state index < -0.39 is 0 Å². The van der Waals surface area contributed by atoms with Gasteiger partial charge in [-0.2, -0.15) is 8.75 Å². The first-order valence-electron chi connectivity index (χ1n) is 19.7. The van der Waals surface area contributed by atoms with Gasteiger partial charge in [0.05, 0.1) is 11.7 Å². The highest BCUT2D eigenvalue weighted by Crippen LogP contribution is 2.39. The minimum atomic E-state index is 1.07. The van der Waals surface area contributed by atoms with Gasteiger partial charge in [-0.15, -0.1) is 22.7 Å². The standard InChI is InChI=1S/C42H64N2S3/c1-3-5-7-9-11-13-15-17-19-21-23-25-27-35-29-33-39(45-35)37-31-32-38(42-41(37)43-47-44-42)40-34-30-36(46-40)28-26-24-22-20-18-16-14-12-10-8-6-4-2/h29-34H,3-28H2,1-2H3. The molecule has 2 nitrogen and oxygen atoms in total. The van der Waals surface area contributed by atoms with Crippen molar-refractivity contribution in [2.75, 3.05) is 0 Å². The average Bonchev–Trinajstić information content (AvgIpc) is 3.87. The SMILES string of the molecule is CCCCCCCCCCCCCCc1ccc(-c2ccc(-c3ccc(CCCCCCCCCCCCCC)s3)c3nsnc23)s1. The monoisotopic (exact) mass is 692 g/mol. The van der Waals surface area contributed by atoms with Crippen LogP contribution in [0.2, 0.25) is 0 Å². The quantitative estimate of drug-likeness (QED) is 0.0554. The van der Waals surface area contributed by atoms with Crippen LogP contribution >= 0.6 is 34.4 Å². The van der Waals surface area contributed by atoms with Crippen molar-refractivity contribution in [3.8, 4) is 20.9 Å². The lowest BCUT2D eigenvalue weighted by Gasteiger charge is -2.04. The Balaban J connectivity index is 1.14. The molecule has 4 aromatic rings. The van der Waals surface area contributed by atoms with Crippen LogP contribution in [0.4, 0.5) is 0 Å². The van der Waals surface area contributed by atoms with Crippen molar-refractivity contribution >= 4 is 45.4 Å². The molecule has 5 heteroatoms. The molecule has 0 saturated carbocycles. The highest BCUT2D eigenvalue weighted by atomic mass is 32.1. The molecule has 1 aromatic carbocycles. The van der Waals surface area contributed by atoms with Crippen LogP contribution in [0.1, 0.15) is 178 Å². The van der Waals surface area contributed by atoms with Crippen LogP contribution in [-0.2, 0) is 12.8 Å². The Morgan fingerprint density at radius 1 is 0.383 bits per heavy atom. The van der Waals surface area contributed by atoms with E-state index in [1.807, 2.05) is 22.7 Å². The van der Waals surface area contributed by atoms with Gasteiger partial charge in [-0.3, -0.25) is 0 Å². The zero-order chi connectivity index (χ0) is 32.8. The first-order chi connectivity index (χ1) is 23.3. The minimum Gasteiger partial charge on any atom is -0.172 e. The molecule has 0 spiro atoms. The summed E-state index contributed by atoms with van der Waals surface area (Å²) in [7, 11) is 0. The lowest BCUT2D eigenvalue weighted by atomic mass is 10.0. The summed E-state index contributed by atoms with van der Waals surface area (Å²) < 4.78 is 9.58. The Hall–Kier alpha value is -1.56. The van der Waals surface area contributed by atoms with Crippen LogP contribution < -0.4 is 0 Å². The highest BCUT2D eigenvalue weighted by Gasteiger charge is 2.16. The third-order valence-corrected chi connectivity index (χ3v) is 12.7. The first-order valence-corrected chi connectivity index (χ1v) is 22.1. The van der Waals surface area contributed by atoms with Crippen LogP contribution in [-0.4, -0.2) is 8.75 Å². The number of aromatic nitrogens is 2. The summed E-state index contributed by atoms with van der Waals surface area (Å²) >= 11 is 5.26. The van der Waals surface area contributed by atoms with E-state index in [4.69, 9.17) is 8.75 Å². The predicted molar refractivity (Wildman–Crippen MR) is 214 cm³/mol. The van der Waals surface area contributed by atoms with E-state index in [9.17, 15) is 0 Å². The molecule has 0 aliphatic rings. The molecule has 0 bridgehead atoms. The van der Waals surface area contributed by atoms with Gasteiger partial charge in [-0.1, -0.05) is 167 Å². The molecule has 4 rings (SSSR count). The van der Waals surface area contributed by atoms with E-state index in [2.05, 4.69) is 50.2 Å². The smallest absolute Gasteiger partial charge is 0.114 e. The van der Waals surface area contributed by atoms with Crippen molar-refractivity contribution in [2.45, 2.75) is 181 Å². The van der Waals surface area contributed by atoms with E-state index in [0.717, 1.165) is 11.0 Å². The van der Waals surface area contributed by atoms with Gasteiger partial charge in [0.25, 0.3) is 0 Å². The van der Waals surface area contributed by atoms with Crippen molar-refractivity contribution in [2.24, 2.45) is 0 Å². The van der Waals surface area contributed by atoms with Crippen molar-refractivity contribution < 1.29 is 0 Å². The summed E-state index contributed by atoms with van der Waals surface area (Å²) in [6.07, 6.45) is 36.2. The van der Waals surface area contributed by atoms with Gasteiger partial charge in [0.15, 0.2) is 0 Å². The third kappa shape index (κ3) is 14.1. The largest absolute Gasteiger partial charge is 0.172 e. The fourth-order valence-corrected chi connectivity index (χ4v) is 9.58. The second kappa shape index (κ2) is 23.7. The second-order valence-corrected chi connectivity index (χ2v) is 16.8. The third-order valence-electron chi connectivity index (χ3n) is 9.82. The maximum absolute atomic E-state index is 4.79. The molecular weight excluding hydrogens is 629 g/mol. The van der Waals surface area contributed by atoms with Crippen LogP contribution in [0.3, 0.4) is 0 Å². The fourth-order valence-electron chi connectivity index (χ4n) is 6.86. The van der Waals surface area contributed by atoms with Crippen LogP contribution in [0, 0.1) is 0 Å². The van der Waals surface area contributed by atoms with Gasteiger partial charge in [-0.25, -0.2) is 0 Å². The normalized spacial score (nSPS) is 11.7. The van der Waals surface area contributed by atoms with Crippen molar-refractivity contribution in [3.05, 3.63) is 46.2 Å². The van der Waals surface area contributed by atoms with Crippen molar-refractivity contribution in [1.82, 2.24) is 8.75 Å². The number of aryl methyl sites for hydroxylation is 2. The van der Waals surface area contributed by atoms with E-state index in [0.29, 0.717) is 0 Å². The van der Waals surface area contributed by atoms with Crippen molar-refractivity contribution in [1.29, 1.82) is 0 Å². The van der Waals surface area contributed by atoms with Crippen LogP contribution in [0.15, 0.2) is 36.4 Å². The summed E-state index contributed by atoms with van der Waals surface area (Å²) in [5.74, 6) is 0. The summed E-state index contributed by atoms with van der Waals surface area (Å²) in [4.78, 5) is 5.69. The van der Waals surface area contributed by atoms with Gasteiger partial charge in [-0.05, 0) is 49.9 Å². The molecule has 47 heavy (non-hydrogen) atoms. The number of fused-ring (bicyclic) bond motifs is 1. The minimum absolute atomic E-state index is 1.07. The summed E-state index contributed by atoms with van der Waals surface area (Å²) in [6.45, 7) is 4.60. The highest BCUT2D eigenvalue weighted by molar-refractivity contribution is 7.16. The Kier molecular flexibility index (Phi) is 19.3. The number of benzene rings is 1. The summed E-state index contributed by atoms with van der Waals surface area (Å²) in [5.41, 5.74) is 4.64. The maximum atomic E-state index is 4.79. The topological polar surface area (TPSA) is 25.8 Å². The fraction of sp³-hybridized carbons (Fsp3) is 0.667. The molecule has 260 valence electrons. The molecule has 0 N–H and O–H groups in total. The molecule has 0 atom stereocenters. The average molecular weight is 693 g/mol. The van der Waals surface area contributed by atoms with E-state index in [1.54, 1.807) is 0 Å². The number of rotatable bonds is 28. The van der Waals surface area contributed by atoms with E-state index in [1.165, 1.54) is 209 Å². The predicted octanol–water partition coefficient (Wildman–Crippen LogP) is 15.6. The van der Waals surface area contributed by atoms with Gasteiger partial charge in [0.1, 0.15) is 11.0 Å². The van der Waals surface area contributed by atoms with Gasteiger partial charge in [0.2, 0.25) is 0 Å². The second-order valence-electron chi connectivity index (χ2n) is 13.9. The molecule has 0 radical (unpaired) electrons. The molecule has 0 saturated heterocycles. The Morgan fingerprint density at radius 2 is 0.702 bits per heavy atom. The summed E-state index contributed by atoms with van der Waals surface area (Å²) in [5, 5.41) is 0.